The van der Waals surface area contributed by atoms with Gasteiger partial charge in [0.1, 0.15) is 0 Å². The Morgan fingerprint density at radius 2 is 2.12 bits per heavy atom. The molecule has 1 aliphatic rings. The van der Waals surface area contributed by atoms with Gasteiger partial charge in [-0.25, -0.2) is 13.1 Å². The summed E-state index contributed by atoms with van der Waals surface area (Å²) in [6.45, 7) is 0.283. The maximum atomic E-state index is 11.6. The van der Waals surface area contributed by atoms with Crippen LogP contribution < -0.4 is 10.5 Å². The lowest BCUT2D eigenvalue weighted by molar-refractivity contribution is 0.589. The Bertz CT molecular complexity index is 695. The Hall–Kier alpha value is -1.66. The van der Waals surface area contributed by atoms with Crippen LogP contribution in [0.3, 0.4) is 0 Å². The number of sulfonamides is 1. The van der Waals surface area contributed by atoms with E-state index in [4.69, 9.17) is 5.73 Å². The largest absolute Gasteiger partial charge is 0.398 e. The Morgan fingerprint density at radius 1 is 1.31 bits per heavy atom. The Labute approximate surface area is 92.3 Å². The summed E-state index contributed by atoms with van der Waals surface area (Å²) in [6.07, 6.45) is 1.61. The van der Waals surface area contributed by atoms with Crippen LogP contribution in [0, 0.1) is 0 Å². The highest BCUT2D eigenvalue weighted by Crippen LogP contribution is 2.32. The molecule has 82 valence electrons. The minimum absolute atomic E-state index is 0.283. The van der Waals surface area contributed by atoms with E-state index in [-0.39, 0.29) is 6.54 Å². The highest BCUT2D eigenvalue weighted by molar-refractivity contribution is 7.89. The van der Waals surface area contributed by atoms with Crippen molar-refractivity contribution in [3.05, 3.63) is 30.0 Å². The van der Waals surface area contributed by atoms with Crippen molar-refractivity contribution in [1.82, 2.24) is 9.71 Å². The lowest BCUT2D eigenvalue weighted by Gasteiger charge is -2.05. The zero-order valence-electron chi connectivity index (χ0n) is 8.27. The molecular formula is C10H9N3O2S. The van der Waals surface area contributed by atoms with Crippen LogP contribution in [0.15, 0.2) is 29.3 Å². The summed E-state index contributed by atoms with van der Waals surface area (Å²) in [7, 11) is -3.35. The number of hydrogen-bond acceptors (Lipinski definition) is 4. The normalized spacial score (nSPS) is 17.5. The first-order valence-electron chi connectivity index (χ1n) is 4.75. The molecule has 6 heteroatoms. The number of anilines is 1. The number of nitrogens with zero attached hydrogens (tertiary/aromatic N) is 1. The van der Waals surface area contributed by atoms with Crippen LogP contribution in [0.1, 0.15) is 5.56 Å². The highest BCUT2D eigenvalue weighted by atomic mass is 32.2. The molecule has 1 aromatic carbocycles. The summed E-state index contributed by atoms with van der Waals surface area (Å²) in [6, 6.07) is 4.92. The van der Waals surface area contributed by atoms with E-state index in [0.717, 1.165) is 10.9 Å². The molecular weight excluding hydrogens is 226 g/mol. The predicted molar refractivity (Wildman–Crippen MR) is 60.2 cm³/mol. The van der Waals surface area contributed by atoms with E-state index >= 15 is 0 Å². The van der Waals surface area contributed by atoms with Gasteiger partial charge in [-0.3, -0.25) is 4.98 Å². The fourth-order valence-electron chi connectivity index (χ4n) is 2.00. The molecule has 1 aliphatic heterocycles. The van der Waals surface area contributed by atoms with E-state index < -0.39 is 10.0 Å². The quantitative estimate of drug-likeness (QED) is 0.700. The van der Waals surface area contributed by atoms with Gasteiger partial charge in [0.25, 0.3) is 0 Å². The molecule has 0 unspecified atom stereocenters. The molecule has 0 aliphatic carbocycles. The molecule has 0 radical (unpaired) electrons. The predicted octanol–water partition coefficient (Wildman–Crippen LogP) is 0.609. The number of benzene rings is 1. The molecule has 0 bridgehead atoms. The zero-order valence-corrected chi connectivity index (χ0v) is 9.08. The van der Waals surface area contributed by atoms with E-state index in [1.165, 1.54) is 0 Å². The van der Waals surface area contributed by atoms with Gasteiger partial charge in [0.2, 0.25) is 10.0 Å². The van der Waals surface area contributed by atoms with Gasteiger partial charge in [-0.1, -0.05) is 0 Å². The van der Waals surface area contributed by atoms with Crippen molar-refractivity contribution in [2.45, 2.75) is 11.4 Å². The van der Waals surface area contributed by atoms with Gasteiger partial charge in [0, 0.05) is 23.8 Å². The van der Waals surface area contributed by atoms with Crippen LogP contribution in [0.25, 0.3) is 10.9 Å². The first-order valence-corrected chi connectivity index (χ1v) is 6.24. The van der Waals surface area contributed by atoms with Crippen molar-refractivity contribution in [3.8, 4) is 0 Å². The van der Waals surface area contributed by atoms with Crippen molar-refractivity contribution < 1.29 is 8.42 Å². The van der Waals surface area contributed by atoms with Gasteiger partial charge >= 0.3 is 0 Å². The number of nitrogen functional groups attached to an aromatic ring is 1. The summed E-state index contributed by atoms with van der Waals surface area (Å²) in [5.74, 6) is 0. The molecule has 0 saturated heterocycles. The molecule has 0 amide bonds. The Balaban J connectivity index is 2.52. The minimum atomic E-state index is -3.35. The second kappa shape index (κ2) is 2.93. The molecule has 0 saturated carbocycles. The van der Waals surface area contributed by atoms with Crippen LogP contribution in [0.5, 0.6) is 0 Å². The number of fused-ring (bicyclic) bond motifs is 3. The molecule has 0 atom stereocenters. The number of pyridine rings is 1. The van der Waals surface area contributed by atoms with E-state index in [0.29, 0.717) is 16.1 Å². The van der Waals surface area contributed by atoms with Crippen LogP contribution in [-0.4, -0.2) is 13.4 Å². The van der Waals surface area contributed by atoms with Gasteiger partial charge < -0.3 is 5.73 Å². The van der Waals surface area contributed by atoms with E-state index in [1.54, 1.807) is 24.4 Å². The third-order valence-corrected chi connectivity index (χ3v) is 4.22. The van der Waals surface area contributed by atoms with Gasteiger partial charge in [-0.2, -0.15) is 0 Å². The van der Waals surface area contributed by atoms with E-state index in [2.05, 4.69) is 9.71 Å². The number of nitrogens with two attached hydrogens (primary N) is 1. The van der Waals surface area contributed by atoms with Crippen molar-refractivity contribution in [1.29, 1.82) is 0 Å². The molecule has 2 aromatic rings. The summed E-state index contributed by atoms with van der Waals surface area (Å²) in [5.41, 5.74) is 7.84. The topological polar surface area (TPSA) is 85.1 Å². The van der Waals surface area contributed by atoms with Crippen LogP contribution in [0.4, 0.5) is 5.69 Å². The number of nitrogens with one attached hydrogen (secondary N) is 1. The van der Waals surface area contributed by atoms with Crippen molar-refractivity contribution >= 4 is 26.6 Å². The average Bonchev–Trinajstić information content (AvgIpc) is 2.55. The van der Waals surface area contributed by atoms with E-state index in [1.807, 2.05) is 0 Å². The smallest absolute Gasteiger partial charge is 0.241 e. The Kier molecular flexibility index (Phi) is 1.75. The first kappa shape index (κ1) is 9.56. The maximum absolute atomic E-state index is 11.6. The fourth-order valence-corrected chi connectivity index (χ4v) is 3.24. The summed E-state index contributed by atoms with van der Waals surface area (Å²) in [5, 5.41) is 0.730. The summed E-state index contributed by atoms with van der Waals surface area (Å²) >= 11 is 0. The number of hydrogen-bond donors (Lipinski definition) is 2. The summed E-state index contributed by atoms with van der Waals surface area (Å²) < 4.78 is 25.7. The minimum Gasteiger partial charge on any atom is -0.398 e. The first-order chi connectivity index (χ1) is 7.59. The number of rotatable bonds is 0. The molecule has 0 fully saturated rings. The summed E-state index contributed by atoms with van der Waals surface area (Å²) in [4.78, 5) is 4.47. The van der Waals surface area contributed by atoms with Crippen LogP contribution >= 0.6 is 0 Å². The molecule has 16 heavy (non-hydrogen) atoms. The third-order valence-electron chi connectivity index (χ3n) is 2.73. The Morgan fingerprint density at radius 3 is 2.94 bits per heavy atom. The van der Waals surface area contributed by atoms with E-state index in [9.17, 15) is 8.42 Å². The third kappa shape index (κ3) is 1.14. The molecule has 2 heterocycles. The van der Waals surface area contributed by atoms with Gasteiger partial charge in [-0.15, -0.1) is 0 Å². The molecule has 3 rings (SSSR count). The van der Waals surface area contributed by atoms with Crippen molar-refractivity contribution in [2.75, 3.05) is 5.73 Å². The SMILES string of the molecule is Nc1ccnc2ccc3c(c12)CNS3(=O)=O. The highest BCUT2D eigenvalue weighted by Gasteiger charge is 2.27. The molecule has 0 spiro atoms. The van der Waals surface area contributed by atoms with Gasteiger partial charge in [0.15, 0.2) is 0 Å². The van der Waals surface area contributed by atoms with Crippen molar-refractivity contribution in [2.24, 2.45) is 0 Å². The second-order valence-corrected chi connectivity index (χ2v) is 5.40. The maximum Gasteiger partial charge on any atom is 0.241 e. The van der Waals surface area contributed by atoms with Gasteiger partial charge in [0.05, 0.1) is 10.4 Å². The number of aromatic nitrogens is 1. The fraction of sp³-hybridized carbons (Fsp3) is 0.100. The van der Waals surface area contributed by atoms with Gasteiger partial charge in [-0.05, 0) is 23.8 Å². The lowest BCUT2D eigenvalue weighted by Crippen LogP contribution is -2.13. The monoisotopic (exact) mass is 235 g/mol. The van der Waals surface area contributed by atoms with Crippen LogP contribution in [0.2, 0.25) is 0 Å². The van der Waals surface area contributed by atoms with Crippen LogP contribution in [-0.2, 0) is 16.6 Å². The lowest BCUT2D eigenvalue weighted by atomic mass is 10.1. The second-order valence-electron chi connectivity index (χ2n) is 3.66. The standard InChI is InChI=1S/C10H9N3O2S/c11-7-3-4-12-8-1-2-9-6(10(7)8)5-13-16(9,14)15/h1-4,13H,5H2,(H2,11,12). The molecule has 3 N–H and O–H groups in total. The molecule has 5 nitrogen and oxygen atoms in total. The molecule has 1 aromatic heterocycles. The average molecular weight is 235 g/mol. The van der Waals surface area contributed by atoms with Crippen molar-refractivity contribution in [3.63, 3.8) is 0 Å². The zero-order chi connectivity index (χ0) is 11.3.